The highest BCUT2D eigenvalue weighted by Gasteiger charge is 2.36. The summed E-state index contributed by atoms with van der Waals surface area (Å²) in [6.45, 7) is 3.44. The van der Waals surface area contributed by atoms with Crippen LogP contribution in [0.25, 0.3) is 0 Å². The van der Waals surface area contributed by atoms with Gasteiger partial charge in [0.15, 0.2) is 0 Å². The Kier molecular flexibility index (Phi) is 6.59. The first kappa shape index (κ1) is 20.3. The summed E-state index contributed by atoms with van der Waals surface area (Å²) < 4.78 is 11.6. The minimum absolute atomic E-state index is 0.0815. The Morgan fingerprint density at radius 3 is 2.50 bits per heavy atom. The van der Waals surface area contributed by atoms with Crippen LogP contribution in [-0.4, -0.2) is 72.1 Å². The summed E-state index contributed by atoms with van der Waals surface area (Å²) in [4.78, 5) is 33.7. The van der Waals surface area contributed by atoms with Crippen LogP contribution in [0.2, 0.25) is 0 Å². The van der Waals surface area contributed by atoms with Crippen LogP contribution in [0, 0.1) is 5.92 Å². The molecule has 0 aliphatic carbocycles. The van der Waals surface area contributed by atoms with Crippen molar-refractivity contribution in [3.05, 3.63) is 60.4 Å². The van der Waals surface area contributed by atoms with Crippen LogP contribution in [0.5, 0.6) is 5.75 Å². The molecule has 0 unspecified atom stereocenters. The van der Waals surface area contributed by atoms with E-state index in [0.717, 1.165) is 5.75 Å². The summed E-state index contributed by atoms with van der Waals surface area (Å²) in [5.41, 5.74) is 0.429. The second kappa shape index (κ2) is 9.71. The topological polar surface area (TPSA) is 72.0 Å². The fourth-order valence-corrected chi connectivity index (χ4v) is 4.04. The van der Waals surface area contributed by atoms with E-state index in [-0.39, 0.29) is 23.8 Å². The second-order valence-corrected chi connectivity index (χ2v) is 7.68. The molecule has 2 atom stereocenters. The molecule has 4 rings (SSSR count). The van der Waals surface area contributed by atoms with E-state index < -0.39 is 0 Å². The highest BCUT2D eigenvalue weighted by molar-refractivity contribution is 5.92. The van der Waals surface area contributed by atoms with Gasteiger partial charge in [0.1, 0.15) is 17.5 Å². The van der Waals surface area contributed by atoms with Gasteiger partial charge in [0, 0.05) is 51.1 Å². The molecule has 2 aliphatic rings. The number of nitrogens with zero attached hydrogens (tertiary/aromatic N) is 3. The Balaban J connectivity index is 1.47. The molecule has 0 spiro atoms. The lowest BCUT2D eigenvalue weighted by molar-refractivity contribution is -0.137. The molecule has 2 aromatic rings. The molecular weight excluding hydrogens is 382 g/mol. The zero-order chi connectivity index (χ0) is 20.8. The number of carbonyl (C=O) groups excluding carboxylic acids is 2. The van der Waals surface area contributed by atoms with Gasteiger partial charge in [-0.25, -0.2) is 0 Å². The first-order valence-corrected chi connectivity index (χ1v) is 10.5. The van der Waals surface area contributed by atoms with E-state index in [1.54, 1.807) is 23.2 Å². The molecule has 2 aliphatic heterocycles. The lowest BCUT2D eigenvalue weighted by Gasteiger charge is -2.39. The molecule has 1 aromatic heterocycles. The molecule has 158 valence electrons. The maximum absolute atomic E-state index is 12.9. The van der Waals surface area contributed by atoms with Crippen molar-refractivity contribution in [2.75, 3.05) is 39.4 Å². The van der Waals surface area contributed by atoms with Crippen molar-refractivity contribution < 1.29 is 19.1 Å². The van der Waals surface area contributed by atoms with Crippen molar-refractivity contribution >= 4 is 11.8 Å². The van der Waals surface area contributed by atoms with Crippen molar-refractivity contribution in [1.82, 2.24) is 14.8 Å². The second-order valence-electron chi connectivity index (χ2n) is 7.68. The number of hydrogen-bond acceptors (Lipinski definition) is 5. The van der Waals surface area contributed by atoms with Crippen molar-refractivity contribution in [2.45, 2.75) is 18.9 Å². The predicted octanol–water partition coefficient (Wildman–Crippen LogP) is 2.24. The molecule has 2 amide bonds. The molecule has 0 N–H and O–H groups in total. The van der Waals surface area contributed by atoms with E-state index in [2.05, 4.69) is 4.98 Å². The van der Waals surface area contributed by atoms with Crippen molar-refractivity contribution in [1.29, 1.82) is 0 Å². The normalized spacial score (nSPS) is 21.9. The summed E-state index contributed by atoms with van der Waals surface area (Å²) in [5, 5.41) is 0. The predicted molar refractivity (Wildman–Crippen MR) is 111 cm³/mol. The lowest BCUT2D eigenvalue weighted by atomic mass is 9.90. The fraction of sp³-hybridized carbons (Fsp3) is 0.435. The molecule has 0 radical (unpaired) electrons. The molecule has 0 saturated carbocycles. The third-order valence-electron chi connectivity index (χ3n) is 5.67. The molecule has 1 aromatic carbocycles. The van der Waals surface area contributed by atoms with Crippen molar-refractivity contribution in [3.8, 4) is 5.75 Å². The Morgan fingerprint density at radius 2 is 1.77 bits per heavy atom. The summed E-state index contributed by atoms with van der Waals surface area (Å²) in [7, 11) is 0. The van der Waals surface area contributed by atoms with Gasteiger partial charge in [-0.15, -0.1) is 0 Å². The molecule has 2 saturated heterocycles. The Hall–Kier alpha value is -2.93. The minimum Gasteiger partial charge on any atom is -0.490 e. The maximum atomic E-state index is 12.9. The maximum Gasteiger partial charge on any atom is 0.272 e. The van der Waals surface area contributed by atoms with Gasteiger partial charge < -0.3 is 19.3 Å². The number of likely N-dealkylation sites (tertiary alicyclic amines) is 1. The van der Waals surface area contributed by atoms with Crippen LogP contribution in [0.1, 0.15) is 23.3 Å². The molecule has 30 heavy (non-hydrogen) atoms. The van der Waals surface area contributed by atoms with E-state index in [9.17, 15) is 9.59 Å². The number of benzene rings is 1. The zero-order valence-corrected chi connectivity index (χ0v) is 17.0. The van der Waals surface area contributed by atoms with Gasteiger partial charge in [-0.05, 0) is 24.3 Å². The quantitative estimate of drug-likeness (QED) is 0.757. The van der Waals surface area contributed by atoms with E-state index in [1.165, 1.54) is 0 Å². The molecule has 3 heterocycles. The van der Waals surface area contributed by atoms with Crippen LogP contribution >= 0.6 is 0 Å². The summed E-state index contributed by atoms with van der Waals surface area (Å²) in [5.74, 6) is 0.701. The lowest BCUT2D eigenvalue weighted by Crippen LogP contribution is -2.50. The Morgan fingerprint density at radius 1 is 1.00 bits per heavy atom. The van der Waals surface area contributed by atoms with Gasteiger partial charge in [-0.1, -0.05) is 24.3 Å². The minimum atomic E-state index is -0.120. The van der Waals surface area contributed by atoms with Gasteiger partial charge in [0.25, 0.3) is 5.91 Å². The highest BCUT2D eigenvalue weighted by atomic mass is 16.5. The van der Waals surface area contributed by atoms with Crippen LogP contribution in [0.15, 0.2) is 54.7 Å². The van der Waals surface area contributed by atoms with E-state index in [4.69, 9.17) is 9.47 Å². The van der Waals surface area contributed by atoms with Gasteiger partial charge in [-0.2, -0.15) is 0 Å². The monoisotopic (exact) mass is 409 g/mol. The fourth-order valence-electron chi connectivity index (χ4n) is 4.04. The van der Waals surface area contributed by atoms with Gasteiger partial charge in [0.05, 0.1) is 13.2 Å². The van der Waals surface area contributed by atoms with Gasteiger partial charge in [-0.3, -0.25) is 14.6 Å². The third-order valence-corrected chi connectivity index (χ3v) is 5.67. The summed E-state index contributed by atoms with van der Waals surface area (Å²) >= 11 is 0. The smallest absolute Gasteiger partial charge is 0.272 e. The number of para-hydroxylation sites is 1. The molecule has 0 bridgehead atoms. The number of pyridine rings is 1. The third kappa shape index (κ3) is 4.97. The number of amides is 2. The largest absolute Gasteiger partial charge is 0.490 e. The molecule has 7 heteroatoms. The number of rotatable bonds is 5. The van der Waals surface area contributed by atoms with Crippen LogP contribution in [-0.2, 0) is 9.53 Å². The molecular formula is C23H27N3O4. The number of piperidine rings is 1. The molecule has 2 fully saturated rings. The number of ether oxygens (including phenoxy) is 2. The Bertz CT molecular complexity index is 840. The number of hydrogen-bond donors (Lipinski definition) is 0. The zero-order valence-electron chi connectivity index (χ0n) is 17.0. The average molecular weight is 409 g/mol. The van der Waals surface area contributed by atoms with Crippen LogP contribution < -0.4 is 4.74 Å². The first-order chi connectivity index (χ1) is 14.7. The van der Waals surface area contributed by atoms with E-state index in [0.29, 0.717) is 57.9 Å². The van der Waals surface area contributed by atoms with Gasteiger partial charge >= 0.3 is 0 Å². The highest BCUT2D eigenvalue weighted by Crippen LogP contribution is 2.27. The van der Waals surface area contributed by atoms with Crippen molar-refractivity contribution in [2.24, 2.45) is 5.92 Å². The molecule has 7 nitrogen and oxygen atoms in total. The van der Waals surface area contributed by atoms with E-state index in [1.807, 2.05) is 41.3 Å². The number of morpholine rings is 1. The van der Waals surface area contributed by atoms with Crippen LogP contribution in [0.4, 0.5) is 0 Å². The van der Waals surface area contributed by atoms with Crippen molar-refractivity contribution in [3.63, 3.8) is 0 Å². The van der Waals surface area contributed by atoms with Gasteiger partial charge in [0.2, 0.25) is 5.91 Å². The van der Waals surface area contributed by atoms with E-state index >= 15 is 0 Å². The van der Waals surface area contributed by atoms with Crippen LogP contribution in [0.3, 0.4) is 0 Å². The summed E-state index contributed by atoms with van der Waals surface area (Å²) in [6, 6.07) is 15.0. The number of carbonyl (C=O) groups is 2. The Labute approximate surface area is 176 Å². The SMILES string of the molecule is O=C(C[C@H]1CN(C(=O)c2ccccn2)CC[C@@H]1Oc1ccccc1)N1CCOCC1. The number of aromatic nitrogens is 1. The summed E-state index contributed by atoms with van der Waals surface area (Å²) in [6.07, 6.45) is 2.53. The average Bonchev–Trinajstić information content (AvgIpc) is 2.81. The first-order valence-electron chi connectivity index (χ1n) is 10.5. The standard InChI is InChI=1S/C23H27N3O4/c27-22(25-12-14-29-15-13-25)16-18-17-26(23(28)20-8-4-5-10-24-20)11-9-21(18)30-19-6-2-1-3-7-19/h1-8,10,18,21H,9,11-17H2/t18-,21-/m0/s1.